The fourth-order valence-corrected chi connectivity index (χ4v) is 4.22. The summed E-state index contributed by atoms with van der Waals surface area (Å²) in [5, 5.41) is 9.78. The minimum atomic E-state index is -0.209. The van der Waals surface area contributed by atoms with Gasteiger partial charge in [0.1, 0.15) is 0 Å². The Bertz CT molecular complexity index is 930. The SMILES string of the molecule is O=c1[nH]c(O)c(Cc2ccc3c(c2)CCCN3Cc2ccccc2)s1. The molecule has 5 heteroatoms. The Morgan fingerprint density at radius 2 is 1.96 bits per heavy atom. The van der Waals surface area contributed by atoms with Crippen molar-refractivity contribution in [3.05, 3.63) is 79.8 Å². The molecule has 0 bridgehead atoms. The molecule has 0 radical (unpaired) electrons. The number of aryl methyl sites for hydroxylation is 1. The summed E-state index contributed by atoms with van der Waals surface area (Å²) in [5.74, 6) is -0.00146. The molecule has 4 nitrogen and oxygen atoms in total. The number of aromatic nitrogens is 1. The first-order valence-electron chi connectivity index (χ1n) is 8.50. The van der Waals surface area contributed by atoms with Crippen LogP contribution >= 0.6 is 11.3 Å². The zero-order valence-electron chi connectivity index (χ0n) is 13.9. The van der Waals surface area contributed by atoms with Crippen LogP contribution in [0, 0.1) is 0 Å². The Kier molecular flexibility index (Phi) is 4.32. The highest BCUT2D eigenvalue weighted by atomic mass is 32.1. The molecule has 128 valence electrons. The van der Waals surface area contributed by atoms with E-state index in [0.29, 0.717) is 11.3 Å². The number of fused-ring (bicyclic) bond motifs is 1. The molecular weight excluding hydrogens is 332 g/mol. The molecule has 0 spiro atoms. The van der Waals surface area contributed by atoms with Gasteiger partial charge >= 0.3 is 4.87 Å². The lowest BCUT2D eigenvalue weighted by Crippen LogP contribution is -2.28. The number of H-pyrrole nitrogens is 1. The number of aromatic hydroxyl groups is 1. The standard InChI is InChI=1S/C20H20N2O2S/c23-19-18(25-20(24)21-19)12-15-8-9-17-16(11-15)7-4-10-22(17)13-14-5-2-1-3-6-14/h1-3,5-6,8-9,11,23H,4,7,10,12-13H2,(H,21,24). The number of anilines is 1. The Morgan fingerprint density at radius 1 is 1.12 bits per heavy atom. The lowest BCUT2D eigenvalue weighted by molar-refractivity contribution is 0.451. The third kappa shape index (κ3) is 3.46. The first-order valence-corrected chi connectivity index (χ1v) is 9.32. The van der Waals surface area contributed by atoms with Crippen molar-refractivity contribution < 1.29 is 5.11 Å². The summed E-state index contributed by atoms with van der Waals surface area (Å²) in [6, 6.07) is 17.0. The van der Waals surface area contributed by atoms with Crippen LogP contribution in [-0.4, -0.2) is 16.6 Å². The predicted octanol–water partition coefficient (Wildman–Crippen LogP) is 3.69. The van der Waals surface area contributed by atoms with Crippen LogP contribution in [0.15, 0.2) is 53.3 Å². The summed E-state index contributed by atoms with van der Waals surface area (Å²) in [6.07, 6.45) is 2.80. The third-order valence-electron chi connectivity index (χ3n) is 4.64. The van der Waals surface area contributed by atoms with Crippen molar-refractivity contribution in [1.29, 1.82) is 0 Å². The molecule has 0 saturated carbocycles. The van der Waals surface area contributed by atoms with E-state index in [1.165, 1.54) is 16.8 Å². The molecule has 0 amide bonds. The Morgan fingerprint density at radius 3 is 2.72 bits per heavy atom. The highest BCUT2D eigenvalue weighted by Crippen LogP contribution is 2.31. The van der Waals surface area contributed by atoms with Crippen LogP contribution in [0.5, 0.6) is 5.88 Å². The van der Waals surface area contributed by atoms with Gasteiger partial charge in [0.25, 0.3) is 0 Å². The summed E-state index contributed by atoms with van der Waals surface area (Å²) in [7, 11) is 0. The van der Waals surface area contributed by atoms with Crippen LogP contribution in [0.4, 0.5) is 5.69 Å². The first kappa shape index (κ1) is 16.0. The number of hydrogen-bond donors (Lipinski definition) is 2. The highest BCUT2D eigenvalue weighted by molar-refractivity contribution is 7.09. The van der Waals surface area contributed by atoms with Crippen LogP contribution in [0.25, 0.3) is 0 Å². The second kappa shape index (κ2) is 6.76. The van der Waals surface area contributed by atoms with Crippen LogP contribution < -0.4 is 9.77 Å². The molecule has 25 heavy (non-hydrogen) atoms. The van der Waals surface area contributed by atoms with Crippen molar-refractivity contribution >= 4 is 17.0 Å². The van der Waals surface area contributed by atoms with Crippen molar-refractivity contribution in [2.24, 2.45) is 0 Å². The summed E-state index contributed by atoms with van der Waals surface area (Å²) in [5.41, 5.74) is 5.10. The van der Waals surface area contributed by atoms with E-state index < -0.39 is 0 Å². The normalized spacial score (nSPS) is 13.7. The van der Waals surface area contributed by atoms with Crippen molar-refractivity contribution in [2.75, 3.05) is 11.4 Å². The monoisotopic (exact) mass is 352 g/mol. The van der Waals surface area contributed by atoms with E-state index in [1.807, 2.05) is 6.07 Å². The summed E-state index contributed by atoms with van der Waals surface area (Å²) < 4.78 is 0. The predicted molar refractivity (Wildman–Crippen MR) is 102 cm³/mol. The smallest absolute Gasteiger partial charge is 0.307 e. The second-order valence-corrected chi connectivity index (χ2v) is 7.50. The summed E-state index contributed by atoms with van der Waals surface area (Å²) in [4.78, 5) is 16.7. The number of hydrogen-bond acceptors (Lipinski definition) is 4. The van der Waals surface area contributed by atoms with Crippen LogP contribution in [0.2, 0.25) is 0 Å². The molecule has 0 aliphatic carbocycles. The topological polar surface area (TPSA) is 56.3 Å². The maximum Gasteiger partial charge on any atom is 0.307 e. The van der Waals surface area contributed by atoms with Gasteiger partial charge in [-0.1, -0.05) is 53.8 Å². The fourth-order valence-electron chi connectivity index (χ4n) is 3.46. The third-order valence-corrected chi connectivity index (χ3v) is 5.51. The van der Waals surface area contributed by atoms with E-state index in [9.17, 15) is 9.90 Å². The van der Waals surface area contributed by atoms with Gasteiger partial charge in [0, 0.05) is 25.2 Å². The number of aromatic amines is 1. The zero-order chi connectivity index (χ0) is 17.2. The summed E-state index contributed by atoms with van der Waals surface area (Å²) in [6.45, 7) is 1.99. The van der Waals surface area contributed by atoms with E-state index >= 15 is 0 Å². The van der Waals surface area contributed by atoms with Gasteiger partial charge in [-0.25, -0.2) is 0 Å². The Hall–Kier alpha value is -2.53. The van der Waals surface area contributed by atoms with E-state index in [4.69, 9.17) is 0 Å². The van der Waals surface area contributed by atoms with E-state index in [2.05, 4.69) is 52.3 Å². The van der Waals surface area contributed by atoms with E-state index in [1.54, 1.807) is 0 Å². The van der Waals surface area contributed by atoms with Gasteiger partial charge in [-0.2, -0.15) is 0 Å². The second-order valence-electron chi connectivity index (χ2n) is 6.44. The van der Waals surface area contributed by atoms with Gasteiger partial charge in [0.15, 0.2) is 0 Å². The average molecular weight is 352 g/mol. The molecular formula is C20H20N2O2S. The van der Waals surface area contributed by atoms with Crippen molar-refractivity contribution in [1.82, 2.24) is 4.98 Å². The maximum absolute atomic E-state index is 11.3. The molecule has 1 aliphatic heterocycles. The molecule has 3 aromatic rings. The maximum atomic E-state index is 11.3. The molecule has 4 rings (SSSR count). The number of benzene rings is 2. The average Bonchev–Trinajstić information content (AvgIpc) is 2.93. The quantitative estimate of drug-likeness (QED) is 0.753. The van der Waals surface area contributed by atoms with Gasteiger partial charge in [-0.15, -0.1) is 0 Å². The minimum absolute atomic E-state index is 0.00146. The van der Waals surface area contributed by atoms with Crippen LogP contribution in [0.1, 0.15) is 28.0 Å². The fraction of sp³-hybridized carbons (Fsp3) is 0.250. The highest BCUT2D eigenvalue weighted by Gasteiger charge is 2.18. The lowest BCUT2D eigenvalue weighted by Gasteiger charge is -2.31. The van der Waals surface area contributed by atoms with Crippen molar-refractivity contribution in [3.63, 3.8) is 0 Å². The van der Waals surface area contributed by atoms with E-state index in [-0.39, 0.29) is 10.8 Å². The molecule has 2 N–H and O–H groups in total. The van der Waals surface area contributed by atoms with Gasteiger partial charge in [0.2, 0.25) is 5.88 Å². The lowest BCUT2D eigenvalue weighted by atomic mass is 9.97. The summed E-state index contributed by atoms with van der Waals surface area (Å²) >= 11 is 1.08. The number of nitrogens with zero attached hydrogens (tertiary/aromatic N) is 1. The molecule has 1 aromatic heterocycles. The molecule has 0 atom stereocenters. The number of thiazole rings is 1. The van der Waals surface area contributed by atoms with Gasteiger partial charge < -0.3 is 10.0 Å². The van der Waals surface area contributed by atoms with Crippen LogP contribution in [0.3, 0.4) is 0 Å². The van der Waals surface area contributed by atoms with Gasteiger partial charge in [0.05, 0.1) is 4.88 Å². The number of nitrogens with one attached hydrogen (secondary N) is 1. The minimum Gasteiger partial charge on any atom is -0.494 e. The van der Waals surface area contributed by atoms with Gasteiger partial charge in [-0.3, -0.25) is 9.78 Å². The molecule has 0 fully saturated rings. The molecule has 2 heterocycles. The van der Waals surface area contributed by atoms with Gasteiger partial charge in [-0.05, 0) is 35.6 Å². The van der Waals surface area contributed by atoms with Crippen LogP contribution in [-0.2, 0) is 19.4 Å². The largest absolute Gasteiger partial charge is 0.494 e. The molecule has 1 aliphatic rings. The molecule has 0 saturated heterocycles. The number of rotatable bonds is 4. The van der Waals surface area contributed by atoms with Crippen molar-refractivity contribution in [3.8, 4) is 5.88 Å². The zero-order valence-corrected chi connectivity index (χ0v) is 14.7. The Labute approximate surface area is 150 Å². The first-order chi connectivity index (χ1) is 12.2. The van der Waals surface area contributed by atoms with Crippen molar-refractivity contribution in [2.45, 2.75) is 25.8 Å². The van der Waals surface area contributed by atoms with E-state index in [0.717, 1.165) is 42.8 Å². The molecule has 0 unspecified atom stereocenters. The molecule has 2 aromatic carbocycles. The Balaban J connectivity index is 1.57.